The van der Waals surface area contributed by atoms with Crippen molar-refractivity contribution in [2.24, 2.45) is 5.10 Å². The second kappa shape index (κ2) is 7.16. The van der Waals surface area contributed by atoms with E-state index in [1.807, 2.05) is 0 Å². The van der Waals surface area contributed by atoms with Crippen LogP contribution in [-0.4, -0.2) is 40.7 Å². The number of nitrogens with zero attached hydrogens (tertiary/aromatic N) is 2. The van der Waals surface area contributed by atoms with E-state index < -0.39 is 24.2 Å². The van der Waals surface area contributed by atoms with Crippen LogP contribution in [0.3, 0.4) is 0 Å². The van der Waals surface area contributed by atoms with Gasteiger partial charge in [-0.1, -0.05) is 23.2 Å². The summed E-state index contributed by atoms with van der Waals surface area (Å²) in [7, 11) is 0. The zero-order chi connectivity index (χ0) is 18.0. The van der Waals surface area contributed by atoms with Gasteiger partial charge in [-0.05, 0) is 24.6 Å². The van der Waals surface area contributed by atoms with Crippen molar-refractivity contribution in [1.29, 1.82) is 0 Å². The Morgan fingerprint density at radius 3 is 2.75 bits per heavy atom. The summed E-state index contributed by atoms with van der Waals surface area (Å²) in [5.41, 5.74) is -3.29. The average Bonchev–Trinajstić information content (AvgIpc) is 2.88. The molecule has 0 bridgehead atoms. The number of alkyl halides is 3. The maximum atomic E-state index is 12.9. The second-order valence-electron chi connectivity index (χ2n) is 5.05. The number of hydrogen-bond donors (Lipinski definition) is 1. The van der Waals surface area contributed by atoms with Gasteiger partial charge >= 0.3 is 6.18 Å². The van der Waals surface area contributed by atoms with Crippen LogP contribution in [0, 0.1) is 0 Å². The van der Waals surface area contributed by atoms with Crippen LogP contribution in [0.1, 0.15) is 19.3 Å². The van der Waals surface area contributed by atoms with Crippen LogP contribution in [0.4, 0.5) is 13.2 Å². The van der Waals surface area contributed by atoms with E-state index in [-0.39, 0.29) is 29.5 Å². The molecule has 0 fully saturated rings. The third-order valence-electron chi connectivity index (χ3n) is 3.30. The normalized spacial score (nSPS) is 20.5. The summed E-state index contributed by atoms with van der Waals surface area (Å²) in [6, 6.07) is 4.59. The average molecular weight is 385 g/mol. The van der Waals surface area contributed by atoms with E-state index in [1.54, 1.807) is 12.1 Å². The van der Waals surface area contributed by atoms with Crippen molar-refractivity contribution in [1.82, 2.24) is 5.01 Å². The molecule has 1 aliphatic heterocycles. The predicted octanol–water partition coefficient (Wildman–Crippen LogP) is 3.62. The van der Waals surface area contributed by atoms with E-state index in [0.29, 0.717) is 10.8 Å². The molecular formula is C14H13Cl2F3N2O3. The van der Waals surface area contributed by atoms with E-state index in [2.05, 4.69) is 5.10 Å². The fraction of sp³-hybridized carbons (Fsp3) is 0.429. The minimum atomic E-state index is -4.99. The number of aliphatic hydroxyl groups is 1. The molecule has 1 aromatic rings. The van der Waals surface area contributed by atoms with Gasteiger partial charge in [-0.2, -0.15) is 23.3 Å². The van der Waals surface area contributed by atoms with E-state index >= 15 is 0 Å². The Hall–Kier alpha value is -1.51. The van der Waals surface area contributed by atoms with Crippen molar-refractivity contribution in [2.45, 2.75) is 31.2 Å². The molecule has 132 valence electrons. The van der Waals surface area contributed by atoms with Gasteiger partial charge in [0.05, 0.1) is 11.6 Å². The standard InChI is InChI=1S/C14H13Cl2F3N2O3/c15-9-3-4-11(10(16)8-9)24-7-1-2-12(22)21-13(23,5-6-20-21)14(17,18)19/h3-4,6,8,23H,1-2,5,7H2. The monoisotopic (exact) mass is 384 g/mol. The van der Waals surface area contributed by atoms with Crippen LogP contribution in [0.15, 0.2) is 23.3 Å². The molecule has 1 aromatic carbocycles. The summed E-state index contributed by atoms with van der Waals surface area (Å²) in [5.74, 6) is -0.603. The molecule has 0 saturated heterocycles. The fourth-order valence-electron chi connectivity index (χ4n) is 2.04. The first-order chi connectivity index (χ1) is 11.1. The van der Waals surface area contributed by atoms with Crippen LogP contribution < -0.4 is 4.74 Å². The summed E-state index contributed by atoms with van der Waals surface area (Å²) in [4.78, 5) is 11.9. The van der Waals surface area contributed by atoms with Crippen LogP contribution in [0.25, 0.3) is 0 Å². The molecule has 1 N–H and O–H groups in total. The summed E-state index contributed by atoms with van der Waals surface area (Å²) < 4.78 is 43.9. The number of hydrazone groups is 1. The van der Waals surface area contributed by atoms with Gasteiger partial charge in [0.25, 0.3) is 5.72 Å². The van der Waals surface area contributed by atoms with Crippen molar-refractivity contribution in [3.05, 3.63) is 28.2 Å². The smallest absolute Gasteiger partial charge is 0.438 e. The Kier molecular flexibility index (Phi) is 5.62. The van der Waals surface area contributed by atoms with Gasteiger partial charge in [-0.15, -0.1) is 0 Å². The van der Waals surface area contributed by atoms with E-state index in [1.165, 1.54) is 6.07 Å². The molecule has 5 nitrogen and oxygen atoms in total. The van der Waals surface area contributed by atoms with Crippen LogP contribution in [0.5, 0.6) is 5.75 Å². The molecule has 1 amide bonds. The Bertz CT molecular complexity index is 655. The second-order valence-corrected chi connectivity index (χ2v) is 5.89. The first kappa shape index (κ1) is 18.8. The van der Waals surface area contributed by atoms with Crippen molar-refractivity contribution < 1.29 is 27.8 Å². The van der Waals surface area contributed by atoms with Crippen LogP contribution >= 0.6 is 23.2 Å². The molecule has 0 spiro atoms. The minimum absolute atomic E-state index is 0.0507. The number of carbonyl (C=O) groups excluding carboxylic acids is 1. The quantitative estimate of drug-likeness (QED) is 0.788. The van der Waals surface area contributed by atoms with Gasteiger partial charge in [-0.3, -0.25) is 4.79 Å². The van der Waals surface area contributed by atoms with Crippen molar-refractivity contribution in [3.8, 4) is 5.75 Å². The van der Waals surface area contributed by atoms with Gasteiger partial charge in [0.1, 0.15) is 5.75 Å². The largest absolute Gasteiger partial charge is 0.492 e. The topological polar surface area (TPSA) is 62.1 Å². The number of benzene rings is 1. The zero-order valence-corrected chi connectivity index (χ0v) is 13.7. The zero-order valence-electron chi connectivity index (χ0n) is 12.2. The molecule has 1 unspecified atom stereocenters. The molecule has 10 heteroatoms. The van der Waals surface area contributed by atoms with Gasteiger partial charge in [0.15, 0.2) is 0 Å². The molecule has 2 rings (SSSR count). The maximum Gasteiger partial charge on any atom is 0.438 e. The lowest BCUT2D eigenvalue weighted by Gasteiger charge is -2.32. The highest BCUT2D eigenvalue weighted by Crippen LogP contribution is 2.38. The van der Waals surface area contributed by atoms with Gasteiger partial charge in [0, 0.05) is 24.1 Å². The van der Waals surface area contributed by atoms with Gasteiger partial charge in [0.2, 0.25) is 5.91 Å². The Morgan fingerprint density at radius 1 is 1.42 bits per heavy atom. The number of carbonyl (C=O) groups is 1. The number of rotatable bonds is 5. The van der Waals surface area contributed by atoms with Crippen molar-refractivity contribution in [2.75, 3.05) is 6.61 Å². The highest BCUT2D eigenvalue weighted by molar-refractivity contribution is 6.35. The highest BCUT2D eigenvalue weighted by Gasteiger charge is 2.61. The summed E-state index contributed by atoms with van der Waals surface area (Å²) in [6.07, 6.45) is -5.08. The van der Waals surface area contributed by atoms with Crippen LogP contribution in [0.2, 0.25) is 10.0 Å². The van der Waals surface area contributed by atoms with E-state index in [4.69, 9.17) is 27.9 Å². The molecule has 24 heavy (non-hydrogen) atoms. The molecule has 0 saturated carbocycles. The number of amides is 1. The lowest BCUT2D eigenvalue weighted by atomic mass is 10.1. The SMILES string of the molecule is O=C(CCCOc1ccc(Cl)cc1Cl)N1N=CCC1(O)C(F)(F)F. The van der Waals surface area contributed by atoms with Crippen LogP contribution in [-0.2, 0) is 4.79 Å². The van der Waals surface area contributed by atoms with E-state index in [9.17, 15) is 23.1 Å². The summed E-state index contributed by atoms with van der Waals surface area (Å²) in [6.45, 7) is 0.0507. The lowest BCUT2D eigenvalue weighted by molar-refractivity contribution is -0.302. The maximum absolute atomic E-state index is 12.9. The molecule has 1 atom stereocenters. The Labute approximate surface area is 145 Å². The lowest BCUT2D eigenvalue weighted by Crippen LogP contribution is -2.56. The van der Waals surface area contributed by atoms with Gasteiger partial charge in [-0.25, -0.2) is 0 Å². The van der Waals surface area contributed by atoms with Crippen molar-refractivity contribution in [3.63, 3.8) is 0 Å². The Balaban J connectivity index is 1.86. The fourth-order valence-corrected chi connectivity index (χ4v) is 2.50. The summed E-state index contributed by atoms with van der Waals surface area (Å²) in [5, 5.41) is 13.8. The molecule has 0 radical (unpaired) electrons. The van der Waals surface area contributed by atoms with E-state index in [0.717, 1.165) is 6.21 Å². The first-order valence-electron chi connectivity index (χ1n) is 6.87. The number of halogens is 5. The summed E-state index contributed by atoms with van der Waals surface area (Å²) >= 11 is 11.6. The molecule has 1 aliphatic rings. The highest BCUT2D eigenvalue weighted by atomic mass is 35.5. The first-order valence-corrected chi connectivity index (χ1v) is 7.63. The molecule has 0 aliphatic carbocycles. The third kappa shape index (κ3) is 3.93. The molecule has 1 heterocycles. The minimum Gasteiger partial charge on any atom is -0.492 e. The molecular weight excluding hydrogens is 372 g/mol. The Morgan fingerprint density at radius 2 is 2.12 bits per heavy atom. The van der Waals surface area contributed by atoms with Gasteiger partial charge < -0.3 is 9.84 Å². The van der Waals surface area contributed by atoms with Crippen molar-refractivity contribution >= 4 is 35.3 Å². The predicted molar refractivity (Wildman–Crippen MR) is 82.2 cm³/mol. The number of hydrogen-bond acceptors (Lipinski definition) is 4. The number of ether oxygens (including phenoxy) is 1. The third-order valence-corrected chi connectivity index (χ3v) is 3.83. The molecule has 0 aromatic heterocycles.